The number of carboxylic acids is 1. The molecule has 5 nitrogen and oxygen atoms in total. The molecule has 1 spiro atoms. The van der Waals surface area contributed by atoms with Crippen LogP contribution in [0.3, 0.4) is 0 Å². The molecule has 5 unspecified atom stereocenters. The van der Waals surface area contributed by atoms with Crippen LogP contribution >= 0.6 is 0 Å². The van der Waals surface area contributed by atoms with Crippen molar-refractivity contribution in [2.45, 2.75) is 97.1 Å². The van der Waals surface area contributed by atoms with Crippen LogP contribution in [0.15, 0.2) is 0 Å². The van der Waals surface area contributed by atoms with Crippen LogP contribution in [0, 0.1) is 16.7 Å². The molecule has 5 heteroatoms. The molecular weight excluding hydrogens is 320 g/mol. The maximum atomic E-state index is 12.2. The maximum Gasteiger partial charge on any atom is 0.306 e. The Bertz CT molecular complexity index is 585. The van der Waals surface area contributed by atoms with E-state index in [-0.39, 0.29) is 23.0 Å². The zero-order chi connectivity index (χ0) is 18.7. The molecule has 1 aliphatic carbocycles. The molecule has 25 heavy (non-hydrogen) atoms. The Morgan fingerprint density at radius 3 is 2.36 bits per heavy atom. The van der Waals surface area contributed by atoms with Crippen molar-refractivity contribution in [2.24, 2.45) is 16.7 Å². The first-order chi connectivity index (χ1) is 11.4. The van der Waals surface area contributed by atoms with Gasteiger partial charge in [0.25, 0.3) is 0 Å². The van der Waals surface area contributed by atoms with E-state index in [9.17, 15) is 14.7 Å². The summed E-state index contributed by atoms with van der Waals surface area (Å²) in [6, 6.07) is 0. The number of aliphatic carboxylic acids is 1. The fraction of sp³-hybridized carbons (Fsp3) is 0.900. The van der Waals surface area contributed by atoms with Crippen LogP contribution in [0.2, 0.25) is 0 Å². The molecule has 2 heterocycles. The van der Waals surface area contributed by atoms with Crippen molar-refractivity contribution >= 4 is 11.8 Å². The van der Waals surface area contributed by atoms with Crippen molar-refractivity contribution in [3.8, 4) is 0 Å². The lowest BCUT2D eigenvalue weighted by Gasteiger charge is -2.62. The van der Waals surface area contributed by atoms with Gasteiger partial charge in [-0.05, 0) is 50.9 Å². The van der Waals surface area contributed by atoms with Gasteiger partial charge in [0.2, 0.25) is 0 Å². The number of hydrogen-bond acceptors (Lipinski definition) is 4. The van der Waals surface area contributed by atoms with E-state index in [1.165, 1.54) is 0 Å². The number of carbonyl (C=O) groups is 2. The summed E-state index contributed by atoms with van der Waals surface area (Å²) in [5.41, 5.74) is -0.816. The predicted octanol–water partition coefficient (Wildman–Crippen LogP) is 3.94. The van der Waals surface area contributed by atoms with Crippen LogP contribution in [-0.2, 0) is 19.1 Å². The molecule has 5 atom stereocenters. The van der Waals surface area contributed by atoms with Crippen molar-refractivity contribution < 1.29 is 24.2 Å². The number of ether oxygens (including phenoxy) is 2. The summed E-state index contributed by atoms with van der Waals surface area (Å²) in [5.74, 6) is -1.35. The first-order valence-corrected chi connectivity index (χ1v) is 9.53. The van der Waals surface area contributed by atoms with Crippen molar-refractivity contribution in [1.29, 1.82) is 0 Å². The molecule has 3 fully saturated rings. The van der Waals surface area contributed by atoms with Gasteiger partial charge < -0.3 is 14.6 Å². The lowest BCUT2D eigenvalue weighted by atomic mass is 9.50. The Balaban J connectivity index is 2.01. The minimum absolute atomic E-state index is 0.0347. The summed E-state index contributed by atoms with van der Waals surface area (Å²) in [5, 5.41) is 9.27. The Morgan fingerprint density at radius 2 is 1.76 bits per heavy atom. The van der Waals surface area contributed by atoms with Gasteiger partial charge in [0.05, 0.1) is 12.0 Å². The van der Waals surface area contributed by atoms with Gasteiger partial charge in [0.15, 0.2) is 11.6 Å². The standard InChI is InChI=1S/C20H32O5/c1-13(21)14-11-15-17(2,3)7-6-8-19(15,5)20(24-14)10-9-18(4,25-20)12-16(22)23/h14-15H,6-12H2,1-5H3,(H,22,23). The highest BCUT2D eigenvalue weighted by molar-refractivity contribution is 5.80. The Kier molecular flexibility index (Phi) is 4.36. The summed E-state index contributed by atoms with van der Waals surface area (Å²) < 4.78 is 12.9. The average Bonchev–Trinajstić information content (AvgIpc) is 2.77. The molecule has 1 saturated carbocycles. The van der Waals surface area contributed by atoms with E-state index in [1.54, 1.807) is 6.92 Å². The van der Waals surface area contributed by atoms with Crippen molar-refractivity contribution in [1.82, 2.24) is 0 Å². The van der Waals surface area contributed by atoms with E-state index in [0.717, 1.165) is 25.7 Å². The highest BCUT2D eigenvalue weighted by Gasteiger charge is 2.67. The predicted molar refractivity (Wildman–Crippen MR) is 93.1 cm³/mol. The number of Topliss-reactive ketones (excluding diaryl/α,β-unsaturated/α-hetero) is 1. The number of hydrogen-bond donors (Lipinski definition) is 1. The Morgan fingerprint density at radius 1 is 1.08 bits per heavy atom. The smallest absolute Gasteiger partial charge is 0.306 e. The molecule has 0 aromatic carbocycles. The summed E-state index contributed by atoms with van der Waals surface area (Å²) in [6.45, 7) is 10.3. The van der Waals surface area contributed by atoms with E-state index in [2.05, 4.69) is 20.8 Å². The summed E-state index contributed by atoms with van der Waals surface area (Å²) >= 11 is 0. The molecule has 3 rings (SSSR count). The van der Waals surface area contributed by atoms with Crippen LogP contribution in [-0.4, -0.2) is 34.4 Å². The monoisotopic (exact) mass is 352 g/mol. The van der Waals surface area contributed by atoms with Gasteiger partial charge >= 0.3 is 5.97 Å². The zero-order valence-corrected chi connectivity index (χ0v) is 16.2. The van der Waals surface area contributed by atoms with Gasteiger partial charge in [0.1, 0.15) is 6.10 Å². The zero-order valence-electron chi connectivity index (χ0n) is 16.2. The molecule has 1 N–H and O–H groups in total. The normalized spacial score (nSPS) is 46.0. The maximum absolute atomic E-state index is 12.2. The quantitative estimate of drug-likeness (QED) is 0.833. The number of rotatable bonds is 3. The second-order valence-electron chi connectivity index (χ2n) is 9.64. The molecule has 2 saturated heterocycles. The first kappa shape index (κ1) is 18.8. The van der Waals surface area contributed by atoms with Gasteiger partial charge in [-0.25, -0.2) is 0 Å². The Labute approximate surface area is 150 Å². The molecular formula is C20H32O5. The number of fused-ring (bicyclic) bond motifs is 2. The van der Waals surface area contributed by atoms with Crippen molar-refractivity contribution in [3.63, 3.8) is 0 Å². The van der Waals surface area contributed by atoms with E-state index < -0.39 is 23.5 Å². The SMILES string of the molecule is CC(=O)C1CC2C(C)(C)CCCC2(C)C2(CCC(C)(CC(=O)O)O2)O1. The molecule has 2 aliphatic heterocycles. The number of carbonyl (C=O) groups excluding carboxylic acids is 1. The van der Waals surface area contributed by atoms with Gasteiger partial charge in [-0.3, -0.25) is 9.59 Å². The van der Waals surface area contributed by atoms with Crippen LogP contribution in [0.4, 0.5) is 0 Å². The van der Waals surface area contributed by atoms with Crippen LogP contribution in [0.1, 0.15) is 79.6 Å². The fourth-order valence-electron chi connectivity index (χ4n) is 5.89. The van der Waals surface area contributed by atoms with Crippen LogP contribution in [0.5, 0.6) is 0 Å². The molecule has 0 aromatic rings. The lowest BCUT2D eigenvalue weighted by molar-refractivity contribution is -0.363. The minimum Gasteiger partial charge on any atom is -0.481 e. The molecule has 0 radical (unpaired) electrons. The van der Waals surface area contributed by atoms with Gasteiger partial charge in [-0.15, -0.1) is 0 Å². The highest BCUT2D eigenvalue weighted by atomic mass is 16.7. The lowest BCUT2D eigenvalue weighted by Crippen LogP contribution is -2.64. The number of ketones is 1. The summed E-state index contributed by atoms with van der Waals surface area (Å²) in [6.07, 6.45) is 4.79. The molecule has 142 valence electrons. The Hall–Kier alpha value is -0.940. The van der Waals surface area contributed by atoms with E-state index in [0.29, 0.717) is 18.8 Å². The third kappa shape index (κ3) is 2.93. The second kappa shape index (κ2) is 5.78. The third-order valence-corrected chi connectivity index (χ3v) is 7.26. The number of carboxylic acid groups (broad SMARTS) is 1. The summed E-state index contributed by atoms with van der Waals surface area (Å²) in [4.78, 5) is 23.5. The second-order valence-corrected chi connectivity index (χ2v) is 9.64. The average molecular weight is 352 g/mol. The van der Waals surface area contributed by atoms with Gasteiger partial charge in [-0.2, -0.15) is 0 Å². The van der Waals surface area contributed by atoms with Gasteiger partial charge in [-0.1, -0.05) is 27.2 Å². The highest BCUT2D eigenvalue weighted by Crippen LogP contribution is 2.65. The fourth-order valence-corrected chi connectivity index (χ4v) is 5.89. The third-order valence-electron chi connectivity index (χ3n) is 7.26. The van der Waals surface area contributed by atoms with Crippen LogP contribution < -0.4 is 0 Å². The topological polar surface area (TPSA) is 72.8 Å². The van der Waals surface area contributed by atoms with Gasteiger partial charge in [0, 0.05) is 11.8 Å². The van der Waals surface area contributed by atoms with Crippen LogP contribution in [0.25, 0.3) is 0 Å². The molecule has 3 aliphatic rings. The molecule has 0 amide bonds. The van der Waals surface area contributed by atoms with E-state index >= 15 is 0 Å². The van der Waals surface area contributed by atoms with E-state index in [4.69, 9.17) is 9.47 Å². The minimum atomic E-state index is -0.857. The molecule has 0 bridgehead atoms. The largest absolute Gasteiger partial charge is 0.481 e. The van der Waals surface area contributed by atoms with Crippen molar-refractivity contribution in [3.05, 3.63) is 0 Å². The first-order valence-electron chi connectivity index (χ1n) is 9.53. The molecule has 0 aromatic heterocycles. The van der Waals surface area contributed by atoms with E-state index in [1.807, 2.05) is 6.92 Å². The van der Waals surface area contributed by atoms with Crippen molar-refractivity contribution in [2.75, 3.05) is 0 Å². The summed E-state index contributed by atoms with van der Waals surface area (Å²) in [7, 11) is 0.